The lowest BCUT2D eigenvalue weighted by Gasteiger charge is -1.95. The third kappa shape index (κ3) is 1.96. The number of phenols is 1. The molecule has 1 aromatic heterocycles. The maximum Gasteiger partial charge on any atom is 0.123 e. The van der Waals surface area contributed by atoms with Crippen molar-refractivity contribution in [3.05, 3.63) is 35.3 Å². The second kappa shape index (κ2) is 4.11. The van der Waals surface area contributed by atoms with E-state index in [-0.39, 0.29) is 5.75 Å². The van der Waals surface area contributed by atoms with Gasteiger partial charge in [0.15, 0.2) is 0 Å². The molecular formula is C10H8BrNOS. The van der Waals surface area contributed by atoms with E-state index in [2.05, 4.69) is 20.9 Å². The molecule has 0 bridgehead atoms. The molecule has 2 rings (SSSR count). The normalized spacial score (nSPS) is 10.4. The van der Waals surface area contributed by atoms with Gasteiger partial charge in [-0.05, 0) is 24.3 Å². The number of rotatable bonds is 2. The van der Waals surface area contributed by atoms with Gasteiger partial charge < -0.3 is 5.11 Å². The lowest BCUT2D eigenvalue weighted by atomic mass is 10.2. The molecule has 0 spiro atoms. The molecule has 0 saturated heterocycles. The lowest BCUT2D eigenvalue weighted by Crippen LogP contribution is -1.78. The first-order valence-corrected chi connectivity index (χ1v) is 6.09. The number of hydrogen-bond donors (Lipinski definition) is 1. The minimum atomic E-state index is 0.283. The SMILES string of the molecule is Oc1ccc(-c2nc(CBr)cs2)cc1. The monoisotopic (exact) mass is 269 g/mol. The quantitative estimate of drug-likeness (QED) is 0.848. The van der Waals surface area contributed by atoms with Gasteiger partial charge in [-0.15, -0.1) is 11.3 Å². The number of phenolic OH excluding ortho intramolecular Hbond substituents is 1. The Morgan fingerprint density at radius 2 is 2.00 bits per heavy atom. The highest BCUT2D eigenvalue weighted by Crippen LogP contribution is 2.25. The van der Waals surface area contributed by atoms with Crippen molar-refractivity contribution in [2.24, 2.45) is 0 Å². The van der Waals surface area contributed by atoms with E-state index in [4.69, 9.17) is 5.11 Å². The summed E-state index contributed by atoms with van der Waals surface area (Å²) in [5, 5.41) is 12.9. The van der Waals surface area contributed by atoms with Crippen LogP contribution < -0.4 is 0 Å². The summed E-state index contributed by atoms with van der Waals surface area (Å²) in [4.78, 5) is 4.42. The number of thiazole rings is 1. The Hall–Kier alpha value is -0.870. The van der Waals surface area contributed by atoms with Crippen LogP contribution in [0.5, 0.6) is 5.75 Å². The van der Waals surface area contributed by atoms with Gasteiger partial charge in [-0.2, -0.15) is 0 Å². The Kier molecular flexibility index (Phi) is 2.84. The van der Waals surface area contributed by atoms with Gasteiger partial charge in [0.1, 0.15) is 10.8 Å². The summed E-state index contributed by atoms with van der Waals surface area (Å²) in [6.07, 6.45) is 0. The molecule has 0 amide bonds. The highest BCUT2D eigenvalue weighted by molar-refractivity contribution is 9.08. The van der Waals surface area contributed by atoms with Crippen LogP contribution >= 0.6 is 27.3 Å². The van der Waals surface area contributed by atoms with E-state index in [0.29, 0.717) is 0 Å². The lowest BCUT2D eigenvalue weighted by molar-refractivity contribution is 0.475. The average Bonchev–Trinajstić information content (AvgIpc) is 2.67. The van der Waals surface area contributed by atoms with E-state index < -0.39 is 0 Å². The van der Waals surface area contributed by atoms with Crippen LogP contribution in [0, 0.1) is 0 Å². The number of aromatic hydroxyl groups is 1. The molecule has 0 aliphatic carbocycles. The Balaban J connectivity index is 2.34. The Labute approximate surface area is 94.4 Å². The number of alkyl halides is 1. The smallest absolute Gasteiger partial charge is 0.123 e. The molecule has 1 N–H and O–H groups in total. The first-order chi connectivity index (χ1) is 6.79. The van der Waals surface area contributed by atoms with Crippen molar-refractivity contribution < 1.29 is 5.11 Å². The summed E-state index contributed by atoms with van der Waals surface area (Å²) in [6, 6.07) is 7.08. The van der Waals surface area contributed by atoms with Gasteiger partial charge >= 0.3 is 0 Å². The van der Waals surface area contributed by atoms with Crippen molar-refractivity contribution in [3.63, 3.8) is 0 Å². The van der Waals surface area contributed by atoms with E-state index >= 15 is 0 Å². The average molecular weight is 270 g/mol. The number of hydrogen-bond acceptors (Lipinski definition) is 3. The molecule has 0 saturated carbocycles. The van der Waals surface area contributed by atoms with Crippen LogP contribution in [0.15, 0.2) is 29.6 Å². The van der Waals surface area contributed by atoms with E-state index in [1.165, 1.54) is 0 Å². The molecule has 2 nitrogen and oxygen atoms in total. The molecule has 0 aliphatic heterocycles. The van der Waals surface area contributed by atoms with E-state index in [1.807, 2.05) is 17.5 Å². The van der Waals surface area contributed by atoms with Crippen LogP contribution in [-0.2, 0) is 5.33 Å². The van der Waals surface area contributed by atoms with Crippen molar-refractivity contribution in [2.45, 2.75) is 5.33 Å². The fourth-order valence-electron chi connectivity index (χ4n) is 1.10. The first kappa shape index (κ1) is 9.68. The highest BCUT2D eigenvalue weighted by Gasteiger charge is 2.03. The van der Waals surface area contributed by atoms with Gasteiger partial charge in [-0.25, -0.2) is 4.98 Å². The maximum absolute atomic E-state index is 9.13. The Morgan fingerprint density at radius 1 is 1.29 bits per heavy atom. The summed E-state index contributed by atoms with van der Waals surface area (Å²) in [5.41, 5.74) is 2.08. The van der Waals surface area contributed by atoms with Crippen molar-refractivity contribution >= 4 is 27.3 Å². The minimum Gasteiger partial charge on any atom is -0.508 e. The summed E-state index contributed by atoms with van der Waals surface area (Å²) < 4.78 is 0. The third-order valence-corrected chi connectivity index (χ3v) is 3.32. The maximum atomic E-state index is 9.13. The molecule has 2 aromatic rings. The van der Waals surface area contributed by atoms with Gasteiger partial charge in [0.2, 0.25) is 0 Å². The fraction of sp³-hybridized carbons (Fsp3) is 0.100. The third-order valence-electron chi connectivity index (χ3n) is 1.80. The van der Waals surface area contributed by atoms with Crippen molar-refractivity contribution in [1.29, 1.82) is 0 Å². The molecule has 4 heteroatoms. The standard InChI is InChI=1S/C10H8BrNOS/c11-5-8-6-14-10(12-8)7-1-3-9(13)4-2-7/h1-4,6,13H,5H2. The molecule has 1 heterocycles. The summed E-state index contributed by atoms with van der Waals surface area (Å²) in [6.45, 7) is 0. The molecule has 14 heavy (non-hydrogen) atoms. The molecule has 0 unspecified atom stereocenters. The van der Waals surface area contributed by atoms with Gasteiger partial charge in [-0.3, -0.25) is 0 Å². The predicted molar refractivity (Wildman–Crippen MR) is 61.8 cm³/mol. The van der Waals surface area contributed by atoms with Crippen molar-refractivity contribution in [2.75, 3.05) is 0 Å². The predicted octanol–water partition coefficient (Wildman–Crippen LogP) is 3.41. The fourth-order valence-corrected chi connectivity index (χ4v) is 2.43. The number of aromatic nitrogens is 1. The van der Waals surface area contributed by atoms with Gasteiger partial charge in [-0.1, -0.05) is 15.9 Å². The molecule has 1 aromatic carbocycles. The van der Waals surface area contributed by atoms with E-state index in [0.717, 1.165) is 21.6 Å². The van der Waals surface area contributed by atoms with Crippen molar-refractivity contribution in [3.8, 4) is 16.3 Å². The van der Waals surface area contributed by atoms with Gasteiger partial charge in [0.05, 0.1) is 5.69 Å². The zero-order valence-electron chi connectivity index (χ0n) is 7.27. The van der Waals surface area contributed by atoms with Crippen LogP contribution in [0.3, 0.4) is 0 Å². The first-order valence-electron chi connectivity index (χ1n) is 4.09. The second-order valence-electron chi connectivity index (χ2n) is 2.82. The minimum absolute atomic E-state index is 0.283. The van der Waals surface area contributed by atoms with Crippen LogP contribution in [0.25, 0.3) is 10.6 Å². The topological polar surface area (TPSA) is 33.1 Å². The molecule has 0 atom stereocenters. The van der Waals surface area contributed by atoms with Crippen LogP contribution in [0.4, 0.5) is 0 Å². The Bertz CT molecular complexity index is 424. The largest absolute Gasteiger partial charge is 0.508 e. The van der Waals surface area contributed by atoms with Gasteiger partial charge in [0, 0.05) is 16.3 Å². The zero-order chi connectivity index (χ0) is 9.97. The van der Waals surface area contributed by atoms with Crippen LogP contribution in [0.2, 0.25) is 0 Å². The summed E-state index contributed by atoms with van der Waals surface area (Å²) in [5.74, 6) is 0.283. The number of halogens is 1. The summed E-state index contributed by atoms with van der Waals surface area (Å²) >= 11 is 4.97. The van der Waals surface area contributed by atoms with Gasteiger partial charge in [0.25, 0.3) is 0 Å². The number of benzene rings is 1. The summed E-state index contributed by atoms with van der Waals surface area (Å²) in [7, 11) is 0. The molecule has 0 fully saturated rings. The van der Waals surface area contributed by atoms with E-state index in [9.17, 15) is 0 Å². The molecular weight excluding hydrogens is 262 g/mol. The molecule has 0 aliphatic rings. The van der Waals surface area contributed by atoms with Crippen LogP contribution in [-0.4, -0.2) is 10.1 Å². The zero-order valence-corrected chi connectivity index (χ0v) is 9.68. The number of nitrogens with zero attached hydrogens (tertiary/aromatic N) is 1. The van der Waals surface area contributed by atoms with Crippen molar-refractivity contribution in [1.82, 2.24) is 4.98 Å². The Morgan fingerprint density at radius 3 is 2.57 bits per heavy atom. The van der Waals surface area contributed by atoms with Crippen LogP contribution in [0.1, 0.15) is 5.69 Å². The highest BCUT2D eigenvalue weighted by atomic mass is 79.9. The van der Waals surface area contributed by atoms with E-state index in [1.54, 1.807) is 23.5 Å². The molecule has 72 valence electrons. The second-order valence-corrected chi connectivity index (χ2v) is 4.24. The molecule has 0 radical (unpaired) electrons.